The predicted octanol–water partition coefficient (Wildman–Crippen LogP) is 2.88. The highest BCUT2D eigenvalue weighted by atomic mass is 32.2. The van der Waals surface area contributed by atoms with Crippen molar-refractivity contribution in [3.05, 3.63) is 0 Å². The SMILES string of the molecule is CC1CNC2(CCCC2)CN1CC1(C)CCCS1. The van der Waals surface area contributed by atoms with Crippen molar-refractivity contribution in [2.75, 3.05) is 25.4 Å². The van der Waals surface area contributed by atoms with Crippen LogP contribution in [0.5, 0.6) is 0 Å². The molecule has 1 aliphatic carbocycles. The molecule has 1 N–H and O–H groups in total. The molecule has 2 nitrogen and oxygen atoms in total. The third kappa shape index (κ3) is 2.59. The number of piperazine rings is 1. The van der Waals surface area contributed by atoms with E-state index in [1.54, 1.807) is 0 Å². The minimum absolute atomic E-state index is 0.478. The van der Waals surface area contributed by atoms with Gasteiger partial charge in [0, 0.05) is 36.0 Å². The summed E-state index contributed by atoms with van der Waals surface area (Å²) in [5.74, 6) is 1.38. The van der Waals surface area contributed by atoms with Crippen LogP contribution < -0.4 is 5.32 Å². The molecule has 0 amide bonds. The van der Waals surface area contributed by atoms with Gasteiger partial charge in [0.1, 0.15) is 0 Å². The van der Waals surface area contributed by atoms with E-state index in [0.29, 0.717) is 16.3 Å². The first-order valence-electron chi connectivity index (χ1n) is 7.74. The summed E-state index contributed by atoms with van der Waals surface area (Å²) in [6.45, 7) is 8.69. The molecule has 2 unspecified atom stereocenters. The van der Waals surface area contributed by atoms with E-state index in [2.05, 4.69) is 35.8 Å². The Morgan fingerprint density at radius 2 is 2.00 bits per heavy atom. The second kappa shape index (κ2) is 4.99. The van der Waals surface area contributed by atoms with Crippen LogP contribution in [0.15, 0.2) is 0 Å². The molecule has 0 bridgehead atoms. The molecule has 1 saturated carbocycles. The Balaban J connectivity index is 1.66. The van der Waals surface area contributed by atoms with E-state index >= 15 is 0 Å². The first-order chi connectivity index (χ1) is 8.61. The molecule has 18 heavy (non-hydrogen) atoms. The Hall–Kier alpha value is 0.270. The maximum Gasteiger partial charge on any atom is 0.0309 e. The summed E-state index contributed by atoms with van der Waals surface area (Å²) in [5.41, 5.74) is 0.478. The van der Waals surface area contributed by atoms with Crippen molar-refractivity contribution in [2.24, 2.45) is 0 Å². The van der Waals surface area contributed by atoms with Crippen molar-refractivity contribution in [2.45, 2.75) is 68.7 Å². The molecule has 3 heteroatoms. The van der Waals surface area contributed by atoms with E-state index in [0.717, 1.165) is 0 Å². The third-order valence-corrected chi connectivity index (χ3v) is 6.82. The molecule has 0 aromatic rings. The number of hydrogen-bond acceptors (Lipinski definition) is 3. The van der Waals surface area contributed by atoms with Crippen LogP contribution in [0, 0.1) is 0 Å². The lowest BCUT2D eigenvalue weighted by molar-refractivity contribution is 0.0810. The normalized spacial score (nSPS) is 40.7. The topological polar surface area (TPSA) is 15.3 Å². The van der Waals surface area contributed by atoms with Crippen LogP contribution in [-0.2, 0) is 0 Å². The minimum atomic E-state index is 0.478. The van der Waals surface area contributed by atoms with Crippen molar-refractivity contribution in [3.63, 3.8) is 0 Å². The van der Waals surface area contributed by atoms with E-state index in [-0.39, 0.29) is 0 Å². The van der Waals surface area contributed by atoms with Gasteiger partial charge in [-0.2, -0.15) is 11.8 Å². The maximum atomic E-state index is 3.86. The quantitative estimate of drug-likeness (QED) is 0.829. The zero-order valence-corrected chi connectivity index (χ0v) is 12.8. The highest BCUT2D eigenvalue weighted by Crippen LogP contribution is 2.40. The van der Waals surface area contributed by atoms with Gasteiger partial charge >= 0.3 is 0 Å². The van der Waals surface area contributed by atoms with Crippen LogP contribution in [0.2, 0.25) is 0 Å². The summed E-state index contributed by atoms with van der Waals surface area (Å²) >= 11 is 2.21. The van der Waals surface area contributed by atoms with Gasteiger partial charge in [0.2, 0.25) is 0 Å². The molecule has 2 atom stereocenters. The van der Waals surface area contributed by atoms with Gasteiger partial charge in [-0.3, -0.25) is 4.90 Å². The monoisotopic (exact) mass is 268 g/mol. The van der Waals surface area contributed by atoms with Crippen molar-refractivity contribution >= 4 is 11.8 Å². The van der Waals surface area contributed by atoms with E-state index in [4.69, 9.17) is 0 Å². The van der Waals surface area contributed by atoms with Crippen molar-refractivity contribution in [1.82, 2.24) is 10.2 Å². The second-order valence-corrected chi connectivity index (χ2v) is 8.71. The lowest BCUT2D eigenvalue weighted by Crippen LogP contribution is -2.63. The Morgan fingerprint density at radius 1 is 1.22 bits per heavy atom. The van der Waals surface area contributed by atoms with Gasteiger partial charge in [0.15, 0.2) is 0 Å². The highest BCUT2D eigenvalue weighted by Gasteiger charge is 2.42. The number of thioether (sulfide) groups is 1. The van der Waals surface area contributed by atoms with E-state index in [9.17, 15) is 0 Å². The van der Waals surface area contributed by atoms with Crippen LogP contribution in [0.25, 0.3) is 0 Å². The highest BCUT2D eigenvalue weighted by molar-refractivity contribution is 8.00. The molecule has 2 saturated heterocycles. The van der Waals surface area contributed by atoms with E-state index < -0.39 is 0 Å². The fourth-order valence-electron chi connectivity index (χ4n) is 4.08. The molecule has 0 aromatic heterocycles. The van der Waals surface area contributed by atoms with Crippen LogP contribution >= 0.6 is 11.8 Å². The molecule has 1 spiro atoms. The van der Waals surface area contributed by atoms with Crippen LogP contribution in [0.3, 0.4) is 0 Å². The fourth-order valence-corrected chi connectivity index (χ4v) is 5.41. The van der Waals surface area contributed by atoms with Gasteiger partial charge < -0.3 is 5.32 Å². The number of nitrogens with zero attached hydrogens (tertiary/aromatic N) is 1. The molecule has 3 aliphatic rings. The Kier molecular flexibility index (Phi) is 3.68. The Bertz CT molecular complexity index is 291. The van der Waals surface area contributed by atoms with Crippen LogP contribution in [-0.4, -0.2) is 46.6 Å². The van der Waals surface area contributed by atoms with Gasteiger partial charge in [-0.15, -0.1) is 0 Å². The summed E-state index contributed by atoms with van der Waals surface area (Å²) in [4.78, 5) is 2.79. The predicted molar refractivity (Wildman–Crippen MR) is 80.3 cm³/mol. The molecule has 3 fully saturated rings. The van der Waals surface area contributed by atoms with E-state index in [1.807, 2.05) is 0 Å². The smallest absolute Gasteiger partial charge is 0.0309 e. The van der Waals surface area contributed by atoms with Gasteiger partial charge in [-0.1, -0.05) is 12.8 Å². The zero-order valence-electron chi connectivity index (χ0n) is 12.0. The summed E-state index contributed by atoms with van der Waals surface area (Å²) in [6.07, 6.45) is 8.51. The molecule has 0 radical (unpaired) electrons. The molecule has 3 rings (SSSR count). The van der Waals surface area contributed by atoms with Gasteiger partial charge in [-0.05, 0) is 45.3 Å². The molecule has 0 aromatic carbocycles. The standard InChI is InChI=1S/C15H28N2S/c1-13-10-16-15(7-3-4-8-15)12-17(13)11-14(2)6-5-9-18-14/h13,16H,3-12H2,1-2H3. The molecule has 2 aliphatic heterocycles. The van der Waals surface area contributed by atoms with Gasteiger partial charge in [0.05, 0.1) is 0 Å². The lowest BCUT2D eigenvalue weighted by Gasteiger charge is -2.47. The molecular weight excluding hydrogens is 240 g/mol. The van der Waals surface area contributed by atoms with Gasteiger partial charge in [-0.25, -0.2) is 0 Å². The van der Waals surface area contributed by atoms with Gasteiger partial charge in [0.25, 0.3) is 0 Å². The van der Waals surface area contributed by atoms with Crippen LogP contribution in [0.4, 0.5) is 0 Å². The third-order valence-electron chi connectivity index (χ3n) is 5.30. The molecular formula is C15H28N2S. The fraction of sp³-hybridized carbons (Fsp3) is 1.00. The first-order valence-corrected chi connectivity index (χ1v) is 8.73. The Morgan fingerprint density at radius 3 is 2.67 bits per heavy atom. The molecule has 2 heterocycles. The van der Waals surface area contributed by atoms with Crippen molar-refractivity contribution in [3.8, 4) is 0 Å². The summed E-state index contributed by atoms with van der Waals surface area (Å²) in [7, 11) is 0. The first kappa shape index (κ1) is 13.3. The van der Waals surface area contributed by atoms with Crippen LogP contribution in [0.1, 0.15) is 52.4 Å². The number of hydrogen-bond donors (Lipinski definition) is 1. The van der Waals surface area contributed by atoms with E-state index in [1.165, 1.54) is 63.9 Å². The summed E-state index contributed by atoms with van der Waals surface area (Å²) in [5, 5.41) is 3.86. The summed E-state index contributed by atoms with van der Waals surface area (Å²) in [6, 6.07) is 0.717. The largest absolute Gasteiger partial charge is 0.308 e. The zero-order chi connectivity index (χ0) is 12.6. The average Bonchev–Trinajstić information content (AvgIpc) is 2.95. The number of rotatable bonds is 2. The second-order valence-electron chi connectivity index (χ2n) is 7.02. The maximum absolute atomic E-state index is 3.86. The van der Waals surface area contributed by atoms with Crippen molar-refractivity contribution in [1.29, 1.82) is 0 Å². The lowest BCUT2D eigenvalue weighted by atomic mass is 9.91. The summed E-state index contributed by atoms with van der Waals surface area (Å²) < 4.78 is 0.533. The Labute approximate surface area is 116 Å². The van der Waals surface area contributed by atoms with Crippen molar-refractivity contribution < 1.29 is 0 Å². The minimum Gasteiger partial charge on any atom is -0.308 e. The molecule has 104 valence electrons. The average molecular weight is 268 g/mol. The number of nitrogens with one attached hydrogen (secondary N) is 1.